The summed E-state index contributed by atoms with van der Waals surface area (Å²) in [5.41, 5.74) is 0.0161. The SMILES string of the molecule is CCCCCCCCOCC12COCN1COC2. The lowest BCUT2D eigenvalue weighted by Gasteiger charge is -2.26. The van der Waals surface area contributed by atoms with Gasteiger partial charge in [0.2, 0.25) is 0 Å². The molecule has 4 nitrogen and oxygen atoms in total. The fraction of sp³-hybridized carbons (Fsp3) is 1.00. The van der Waals surface area contributed by atoms with E-state index in [1.165, 1.54) is 38.5 Å². The Balaban J connectivity index is 1.50. The van der Waals surface area contributed by atoms with Crippen molar-refractivity contribution in [2.45, 2.75) is 51.0 Å². The summed E-state index contributed by atoms with van der Waals surface area (Å²) in [7, 11) is 0. The van der Waals surface area contributed by atoms with Gasteiger partial charge in [-0.1, -0.05) is 39.0 Å². The fourth-order valence-corrected chi connectivity index (χ4v) is 2.65. The van der Waals surface area contributed by atoms with Crippen LogP contribution in [0.25, 0.3) is 0 Å². The van der Waals surface area contributed by atoms with Gasteiger partial charge in [-0.05, 0) is 6.42 Å². The molecule has 0 amide bonds. The summed E-state index contributed by atoms with van der Waals surface area (Å²) >= 11 is 0. The molecule has 2 heterocycles. The molecule has 0 aliphatic carbocycles. The zero-order chi connectivity index (χ0) is 12.7. The Kier molecular flexibility index (Phi) is 5.89. The van der Waals surface area contributed by atoms with Crippen molar-refractivity contribution in [2.24, 2.45) is 0 Å². The van der Waals surface area contributed by atoms with Crippen LogP contribution in [0, 0.1) is 0 Å². The highest BCUT2D eigenvalue weighted by atomic mass is 16.6. The van der Waals surface area contributed by atoms with Crippen LogP contribution in [0.5, 0.6) is 0 Å². The van der Waals surface area contributed by atoms with Crippen LogP contribution >= 0.6 is 0 Å². The van der Waals surface area contributed by atoms with Crippen molar-refractivity contribution >= 4 is 0 Å². The van der Waals surface area contributed by atoms with Crippen molar-refractivity contribution in [1.29, 1.82) is 0 Å². The minimum Gasteiger partial charge on any atom is -0.379 e. The Hall–Kier alpha value is -0.160. The molecule has 2 fully saturated rings. The van der Waals surface area contributed by atoms with E-state index < -0.39 is 0 Å². The van der Waals surface area contributed by atoms with Crippen LogP contribution in [0.3, 0.4) is 0 Å². The van der Waals surface area contributed by atoms with Gasteiger partial charge < -0.3 is 14.2 Å². The van der Waals surface area contributed by atoms with Gasteiger partial charge >= 0.3 is 0 Å². The molecule has 0 aromatic carbocycles. The number of hydrogen-bond acceptors (Lipinski definition) is 4. The Labute approximate surface area is 111 Å². The molecule has 0 aromatic heterocycles. The fourth-order valence-electron chi connectivity index (χ4n) is 2.65. The van der Waals surface area contributed by atoms with Gasteiger partial charge in [-0.3, -0.25) is 0 Å². The van der Waals surface area contributed by atoms with E-state index in [1.54, 1.807) is 0 Å². The van der Waals surface area contributed by atoms with Gasteiger partial charge in [-0.25, -0.2) is 4.90 Å². The van der Waals surface area contributed by atoms with Crippen LogP contribution < -0.4 is 0 Å². The highest BCUT2D eigenvalue weighted by Crippen LogP contribution is 2.28. The molecule has 0 unspecified atom stereocenters. The summed E-state index contributed by atoms with van der Waals surface area (Å²) < 4.78 is 16.8. The Morgan fingerprint density at radius 1 is 1.00 bits per heavy atom. The molecular formula is C14H27NO3. The number of hydrogen-bond donors (Lipinski definition) is 0. The summed E-state index contributed by atoms with van der Waals surface area (Å²) in [6.45, 7) is 6.78. The van der Waals surface area contributed by atoms with Crippen molar-refractivity contribution in [2.75, 3.05) is 39.9 Å². The molecule has 0 saturated carbocycles. The molecule has 106 valence electrons. The third-order valence-corrected chi connectivity index (χ3v) is 3.92. The number of rotatable bonds is 9. The molecular weight excluding hydrogens is 230 g/mol. The molecule has 2 saturated heterocycles. The molecule has 0 spiro atoms. The average Bonchev–Trinajstić information content (AvgIpc) is 2.92. The van der Waals surface area contributed by atoms with Crippen molar-refractivity contribution in [3.05, 3.63) is 0 Å². The van der Waals surface area contributed by atoms with E-state index in [9.17, 15) is 0 Å². The van der Waals surface area contributed by atoms with Crippen molar-refractivity contribution in [3.8, 4) is 0 Å². The van der Waals surface area contributed by atoms with E-state index >= 15 is 0 Å². The van der Waals surface area contributed by atoms with Gasteiger partial charge in [-0.2, -0.15) is 0 Å². The number of fused-ring (bicyclic) bond motifs is 1. The third-order valence-electron chi connectivity index (χ3n) is 3.92. The summed E-state index contributed by atoms with van der Waals surface area (Å²) in [6, 6.07) is 0. The van der Waals surface area contributed by atoms with Crippen LogP contribution in [-0.2, 0) is 14.2 Å². The molecule has 4 heteroatoms. The number of unbranched alkanes of at least 4 members (excludes halogenated alkanes) is 5. The van der Waals surface area contributed by atoms with Crippen molar-refractivity contribution in [3.63, 3.8) is 0 Å². The van der Waals surface area contributed by atoms with Crippen LogP contribution in [0.4, 0.5) is 0 Å². The summed E-state index contributed by atoms with van der Waals surface area (Å²) in [6.07, 6.45) is 7.88. The molecule has 18 heavy (non-hydrogen) atoms. The lowest BCUT2D eigenvalue weighted by Crippen LogP contribution is -2.47. The van der Waals surface area contributed by atoms with E-state index in [4.69, 9.17) is 14.2 Å². The van der Waals surface area contributed by atoms with Gasteiger partial charge in [0.05, 0.1) is 25.4 Å². The first-order chi connectivity index (χ1) is 8.87. The standard InChI is InChI=1S/C14H27NO3/c1-2-3-4-5-6-7-8-16-9-14-10-17-12-15(14)13-18-11-14/h2-13H2,1H3. The summed E-state index contributed by atoms with van der Waals surface area (Å²) in [5, 5.41) is 0. The maximum Gasteiger partial charge on any atom is 0.102 e. The van der Waals surface area contributed by atoms with Gasteiger partial charge in [-0.15, -0.1) is 0 Å². The average molecular weight is 257 g/mol. The van der Waals surface area contributed by atoms with E-state index in [2.05, 4.69) is 11.8 Å². The van der Waals surface area contributed by atoms with Gasteiger partial charge in [0.15, 0.2) is 0 Å². The van der Waals surface area contributed by atoms with E-state index in [0.29, 0.717) is 13.5 Å². The molecule has 0 atom stereocenters. The maximum absolute atomic E-state index is 5.83. The molecule has 2 rings (SSSR count). The summed E-state index contributed by atoms with van der Waals surface area (Å²) in [5.74, 6) is 0. The van der Waals surface area contributed by atoms with E-state index in [0.717, 1.165) is 26.4 Å². The minimum absolute atomic E-state index is 0.0161. The van der Waals surface area contributed by atoms with Gasteiger partial charge in [0, 0.05) is 6.61 Å². The number of nitrogens with zero attached hydrogens (tertiary/aromatic N) is 1. The quantitative estimate of drug-likeness (QED) is 0.593. The topological polar surface area (TPSA) is 30.9 Å². The predicted octanol–water partition coefficient (Wildman–Crippen LogP) is 2.38. The normalized spacial score (nSPS) is 22.5. The zero-order valence-electron chi connectivity index (χ0n) is 11.7. The predicted molar refractivity (Wildman–Crippen MR) is 70.4 cm³/mol. The highest BCUT2D eigenvalue weighted by Gasteiger charge is 2.46. The van der Waals surface area contributed by atoms with E-state index in [1.807, 2.05) is 0 Å². The third kappa shape index (κ3) is 3.67. The first kappa shape index (κ1) is 14.3. The first-order valence-electron chi connectivity index (χ1n) is 7.36. The lowest BCUT2D eigenvalue weighted by atomic mass is 10.0. The van der Waals surface area contributed by atoms with Crippen molar-refractivity contribution in [1.82, 2.24) is 4.90 Å². The Morgan fingerprint density at radius 2 is 1.67 bits per heavy atom. The van der Waals surface area contributed by atoms with Crippen LogP contribution in [-0.4, -0.2) is 50.3 Å². The summed E-state index contributed by atoms with van der Waals surface area (Å²) in [4.78, 5) is 2.24. The largest absolute Gasteiger partial charge is 0.379 e. The highest BCUT2D eigenvalue weighted by molar-refractivity contribution is 4.95. The Bertz CT molecular complexity index is 225. The second kappa shape index (κ2) is 7.43. The maximum atomic E-state index is 5.83. The first-order valence-corrected chi connectivity index (χ1v) is 7.36. The smallest absolute Gasteiger partial charge is 0.102 e. The van der Waals surface area contributed by atoms with Crippen molar-refractivity contribution < 1.29 is 14.2 Å². The Morgan fingerprint density at radius 3 is 2.39 bits per heavy atom. The van der Waals surface area contributed by atoms with Crippen LogP contribution in [0.1, 0.15) is 45.4 Å². The minimum atomic E-state index is 0.0161. The monoisotopic (exact) mass is 257 g/mol. The van der Waals surface area contributed by atoms with Gasteiger partial charge in [0.1, 0.15) is 13.5 Å². The van der Waals surface area contributed by atoms with Crippen LogP contribution in [0.15, 0.2) is 0 Å². The molecule has 0 aromatic rings. The van der Waals surface area contributed by atoms with Gasteiger partial charge in [0.25, 0.3) is 0 Å². The number of ether oxygens (including phenoxy) is 3. The molecule has 2 aliphatic rings. The second-order valence-electron chi connectivity index (χ2n) is 5.54. The lowest BCUT2D eigenvalue weighted by molar-refractivity contribution is 0.0429. The van der Waals surface area contributed by atoms with Crippen LogP contribution in [0.2, 0.25) is 0 Å². The molecule has 0 radical (unpaired) electrons. The molecule has 2 aliphatic heterocycles. The molecule has 0 N–H and O–H groups in total. The zero-order valence-corrected chi connectivity index (χ0v) is 11.7. The molecule has 0 bridgehead atoms. The second-order valence-corrected chi connectivity index (χ2v) is 5.54. The van der Waals surface area contributed by atoms with E-state index in [-0.39, 0.29) is 5.54 Å².